The molecule has 34 heavy (non-hydrogen) atoms. The maximum Gasteiger partial charge on any atom is 0.278 e. The third-order valence-electron chi connectivity index (χ3n) is 5.80. The van der Waals surface area contributed by atoms with E-state index in [1.165, 1.54) is 4.68 Å². The van der Waals surface area contributed by atoms with Crippen LogP contribution in [0.25, 0.3) is 16.6 Å². The fraction of sp³-hybridized carbons (Fsp3) is 0.280. The highest BCUT2D eigenvalue weighted by Crippen LogP contribution is 2.27. The Hall–Kier alpha value is -4.14. The minimum atomic E-state index is -0.810. The Morgan fingerprint density at radius 3 is 2.41 bits per heavy atom. The molecule has 176 valence electrons. The van der Waals surface area contributed by atoms with Gasteiger partial charge in [-0.3, -0.25) is 9.59 Å². The van der Waals surface area contributed by atoms with Crippen molar-refractivity contribution in [3.05, 3.63) is 75.8 Å². The molecule has 1 atom stereocenters. The van der Waals surface area contributed by atoms with Gasteiger partial charge < -0.3 is 14.8 Å². The van der Waals surface area contributed by atoms with Gasteiger partial charge in [-0.25, -0.2) is 9.36 Å². The van der Waals surface area contributed by atoms with Crippen LogP contribution in [-0.4, -0.2) is 39.7 Å². The van der Waals surface area contributed by atoms with Crippen molar-refractivity contribution in [2.45, 2.75) is 33.4 Å². The molecule has 2 aromatic heterocycles. The van der Waals surface area contributed by atoms with Crippen LogP contribution in [0.1, 0.15) is 29.9 Å². The predicted molar refractivity (Wildman–Crippen MR) is 129 cm³/mol. The summed E-state index contributed by atoms with van der Waals surface area (Å²) in [5.74, 6) is 0.861. The highest BCUT2D eigenvalue weighted by atomic mass is 16.5. The molecule has 0 spiro atoms. The molecule has 9 heteroatoms. The molecular weight excluding hydrogens is 434 g/mol. The Kier molecular flexibility index (Phi) is 6.36. The number of benzene rings is 2. The summed E-state index contributed by atoms with van der Waals surface area (Å²) >= 11 is 0. The Morgan fingerprint density at radius 1 is 1.03 bits per heavy atom. The van der Waals surface area contributed by atoms with Crippen LogP contribution in [-0.2, 0) is 11.3 Å². The molecule has 4 aromatic rings. The summed E-state index contributed by atoms with van der Waals surface area (Å²) in [5, 5.41) is 12.3. The second kappa shape index (κ2) is 9.38. The molecule has 2 aromatic carbocycles. The van der Waals surface area contributed by atoms with Gasteiger partial charge in [0, 0.05) is 6.54 Å². The van der Waals surface area contributed by atoms with Crippen molar-refractivity contribution in [2.75, 3.05) is 14.2 Å². The van der Waals surface area contributed by atoms with Crippen molar-refractivity contribution in [3.63, 3.8) is 0 Å². The molecule has 2 heterocycles. The summed E-state index contributed by atoms with van der Waals surface area (Å²) < 4.78 is 13.5. The van der Waals surface area contributed by atoms with E-state index in [4.69, 9.17) is 9.47 Å². The molecule has 1 N–H and O–H groups in total. The first-order valence-electron chi connectivity index (χ1n) is 10.9. The average molecular weight is 462 g/mol. The molecule has 9 nitrogen and oxygen atoms in total. The fourth-order valence-electron chi connectivity index (χ4n) is 3.90. The van der Waals surface area contributed by atoms with E-state index in [-0.39, 0.29) is 18.0 Å². The van der Waals surface area contributed by atoms with Gasteiger partial charge in [0.15, 0.2) is 11.5 Å². The Labute approximate surface area is 196 Å². The second-order valence-electron chi connectivity index (χ2n) is 7.97. The first kappa shape index (κ1) is 23.0. The summed E-state index contributed by atoms with van der Waals surface area (Å²) in [7, 11) is 3.12. The van der Waals surface area contributed by atoms with Gasteiger partial charge in [0.05, 0.1) is 36.7 Å². The lowest BCUT2D eigenvalue weighted by Gasteiger charge is -2.15. The predicted octanol–water partition coefficient (Wildman–Crippen LogP) is 3.09. The van der Waals surface area contributed by atoms with Crippen LogP contribution in [0.2, 0.25) is 0 Å². The normalized spacial score (nSPS) is 11.9. The number of amides is 1. The van der Waals surface area contributed by atoms with Crippen molar-refractivity contribution < 1.29 is 14.3 Å². The average Bonchev–Trinajstić information content (AvgIpc) is 3.22. The molecule has 0 fully saturated rings. The van der Waals surface area contributed by atoms with E-state index in [0.717, 1.165) is 11.3 Å². The van der Waals surface area contributed by atoms with Gasteiger partial charge in [-0.15, -0.1) is 0 Å². The van der Waals surface area contributed by atoms with Crippen molar-refractivity contribution in [3.8, 4) is 17.2 Å². The number of carbonyl (C=O) groups is 1. The summed E-state index contributed by atoms with van der Waals surface area (Å²) in [5.41, 5.74) is 3.14. The van der Waals surface area contributed by atoms with E-state index in [1.54, 1.807) is 44.9 Å². The molecule has 0 saturated heterocycles. The number of aromatic nitrogens is 4. The maximum atomic E-state index is 13.4. The first-order chi connectivity index (χ1) is 16.3. The van der Waals surface area contributed by atoms with Gasteiger partial charge in [-0.1, -0.05) is 24.3 Å². The molecule has 0 aliphatic carbocycles. The van der Waals surface area contributed by atoms with Gasteiger partial charge >= 0.3 is 0 Å². The van der Waals surface area contributed by atoms with E-state index in [9.17, 15) is 9.59 Å². The van der Waals surface area contributed by atoms with Crippen LogP contribution in [0, 0.1) is 13.8 Å². The summed E-state index contributed by atoms with van der Waals surface area (Å²) in [4.78, 5) is 26.3. The molecule has 1 amide bonds. The van der Waals surface area contributed by atoms with Crippen molar-refractivity contribution in [1.82, 2.24) is 24.9 Å². The Balaban J connectivity index is 1.62. The number of aryl methyl sites for hydroxylation is 2. The van der Waals surface area contributed by atoms with Gasteiger partial charge in [0.25, 0.3) is 5.56 Å². The van der Waals surface area contributed by atoms with Crippen molar-refractivity contribution in [1.29, 1.82) is 0 Å². The standard InChI is InChI=1S/C25H27N5O4/c1-15-23-22(16(2)29(28-23)19-9-7-6-8-10-19)25(32)30(27-15)17(3)24(31)26-14-18-11-12-20(33-4)21(13-18)34-5/h6-13,17H,14H2,1-5H3,(H,26,31). The van der Waals surface area contributed by atoms with E-state index < -0.39 is 6.04 Å². The largest absolute Gasteiger partial charge is 0.493 e. The molecule has 0 saturated carbocycles. The topological polar surface area (TPSA) is 100 Å². The molecule has 4 rings (SSSR count). The summed E-state index contributed by atoms with van der Waals surface area (Å²) in [6.07, 6.45) is 0. The fourth-order valence-corrected chi connectivity index (χ4v) is 3.90. The van der Waals surface area contributed by atoms with Crippen LogP contribution in [0.5, 0.6) is 11.5 Å². The third kappa shape index (κ3) is 4.12. The summed E-state index contributed by atoms with van der Waals surface area (Å²) in [6, 6.07) is 14.2. The zero-order chi connectivity index (χ0) is 24.4. The lowest BCUT2D eigenvalue weighted by molar-refractivity contribution is -0.124. The zero-order valence-electron chi connectivity index (χ0n) is 19.8. The van der Waals surface area contributed by atoms with Crippen molar-refractivity contribution >= 4 is 16.8 Å². The SMILES string of the molecule is COc1ccc(CNC(=O)C(C)n2nc(C)c3nn(-c4ccccc4)c(C)c3c2=O)cc1OC. The van der Waals surface area contributed by atoms with Gasteiger partial charge in [0.1, 0.15) is 11.6 Å². The number of nitrogens with zero attached hydrogens (tertiary/aromatic N) is 4. The molecule has 0 aliphatic heterocycles. The van der Waals surface area contributed by atoms with Crippen LogP contribution < -0.4 is 20.3 Å². The number of carbonyl (C=O) groups excluding carboxylic acids is 1. The molecule has 0 aliphatic rings. The van der Waals surface area contributed by atoms with Crippen LogP contribution in [0.4, 0.5) is 0 Å². The number of para-hydroxylation sites is 1. The second-order valence-corrected chi connectivity index (χ2v) is 7.97. The monoisotopic (exact) mass is 461 g/mol. The zero-order valence-corrected chi connectivity index (χ0v) is 19.8. The smallest absolute Gasteiger partial charge is 0.278 e. The number of rotatable bonds is 7. The van der Waals surface area contributed by atoms with Crippen LogP contribution in [0.3, 0.4) is 0 Å². The Bertz CT molecular complexity index is 1410. The van der Waals surface area contributed by atoms with E-state index >= 15 is 0 Å². The van der Waals surface area contributed by atoms with Gasteiger partial charge in [-0.2, -0.15) is 10.2 Å². The van der Waals surface area contributed by atoms with Gasteiger partial charge in [0.2, 0.25) is 5.91 Å². The number of methoxy groups -OCH3 is 2. The number of hydrogen-bond acceptors (Lipinski definition) is 6. The number of ether oxygens (including phenoxy) is 2. The lowest BCUT2D eigenvalue weighted by atomic mass is 10.2. The molecule has 0 radical (unpaired) electrons. The molecule has 1 unspecified atom stereocenters. The quantitative estimate of drug-likeness (QED) is 0.454. The number of nitrogens with one attached hydrogen (secondary N) is 1. The number of fused-ring (bicyclic) bond motifs is 1. The Morgan fingerprint density at radius 2 is 1.74 bits per heavy atom. The minimum Gasteiger partial charge on any atom is -0.493 e. The van der Waals surface area contributed by atoms with Crippen LogP contribution >= 0.6 is 0 Å². The van der Waals surface area contributed by atoms with Gasteiger partial charge in [-0.05, 0) is 50.6 Å². The van der Waals surface area contributed by atoms with Crippen molar-refractivity contribution in [2.24, 2.45) is 0 Å². The minimum absolute atomic E-state index is 0.268. The third-order valence-corrected chi connectivity index (χ3v) is 5.80. The molecular formula is C25H27N5O4. The van der Waals surface area contributed by atoms with E-state index in [0.29, 0.717) is 33.8 Å². The maximum absolute atomic E-state index is 13.4. The van der Waals surface area contributed by atoms with E-state index in [1.807, 2.05) is 43.3 Å². The van der Waals surface area contributed by atoms with E-state index in [2.05, 4.69) is 15.5 Å². The first-order valence-corrected chi connectivity index (χ1v) is 10.9. The number of hydrogen-bond donors (Lipinski definition) is 1. The summed E-state index contributed by atoms with van der Waals surface area (Å²) in [6.45, 7) is 5.55. The highest BCUT2D eigenvalue weighted by molar-refractivity contribution is 5.84. The van der Waals surface area contributed by atoms with Crippen LogP contribution in [0.15, 0.2) is 53.3 Å². The highest BCUT2D eigenvalue weighted by Gasteiger charge is 2.23. The molecule has 0 bridgehead atoms. The lowest BCUT2D eigenvalue weighted by Crippen LogP contribution is -2.37.